The molecule has 1 N–H and O–H groups in total. The number of ether oxygens (including phenoxy) is 2. The molecule has 0 saturated carbocycles. The fraction of sp³-hybridized carbons (Fsp3) is 1.00. The molecule has 7 heteroatoms. The zero-order valence-electron chi connectivity index (χ0n) is 9.90. The van der Waals surface area contributed by atoms with Crippen LogP contribution < -0.4 is 4.72 Å². The van der Waals surface area contributed by atoms with Gasteiger partial charge in [-0.05, 0) is 19.8 Å². The summed E-state index contributed by atoms with van der Waals surface area (Å²) in [7, 11) is -0.357. The van der Waals surface area contributed by atoms with Gasteiger partial charge in [0.25, 0.3) is 0 Å². The highest BCUT2D eigenvalue weighted by atomic mass is 35.5. The predicted molar refractivity (Wildman–Crippen MR) is 64.1 cm³/mol. The number of halogens is 1. The Morgan fingerprint density at radius 1 is 1.25 bits per heavy atom. The van der Waals surface area contributed by atoms with E-state index in [2.05, 4.69) is 4.72 Å². The highest BCUT2D eigenvalue weighted by Crippen LogP contribution is 2.03. The second kappa shape index (κ2) is 8.25. The Morgan fingerprint density at radius 3 is 2.25 bits per heavy atom. The van der Waals surface area contributed by atoms with Crippen molar-refractivity contribution in [3.8, 4) is 0 Å². The molecule has 5 nitrogen and oxygen atoms in total. The molecular formula is C9H20ClNO4S. The van der Waals surface area contributed by atoms with E-state index in [1.807, 2.05) is 0 Å². The first kappa shape index (κ1) is 16.1. The van der Waals surface area contributed by atoms with Gasteiger partial charge >= 0.3 is 0 Å². The van der Waals surface area contributed by atoms with Crippen molar-refractivity contribution in [2.45, 2.75) is 32.1 Å². The van der Waals surface area contributed by atoms with Gasteiger partial charge in [-0.25, -0.2) is 13.1 Å². The van der Waals surface area contributed by atoms with Crippen LogP contribution in [-0.4, -0.2) is 46.6 Å². The zero-order chi connectivity index (χ0) is 12.6. The molecule has 0 spiro atoms. The standard InChI is InChI=1S/C9H20ClNO4S/c1-8(9(14-2)15-3)11-16(12,13)7-5-4-6-10/h8-9,11H,4-7H2,1-3H3. The number of methoxy groups -OCH3 is 2. The van der Waals surface area contributed by atoms with Gasteiger partial charge in [-0.3, -0.25) is 0 Å². The van der Waals surface area contributed by atoms with Gasteiger partial charge in [0, 0.05) is 20.1 Å². The van der Waals surface area contributed by atoms with Gasteiger partial charge in [0.05, 0.1) is 11.8 Å². The largest absolute Gasteiger partial charge is 0.354 e. The molecule has 0 heterocycles. The van der Waals surface area contributed by atoms with Crippen molar-refractivity contribution in [1.29, 1.82) is 0 Å². The third-order valence-corrected chi connectivity index (χ3v) is 3.86. The summed E-state index contributed by atoms with van der Waals surface area (Å²) >= 11 is 5.48. The van der Waals surface area contributed by atoms with Crippen molar-refractivity contribution in [3.05, 3.63) is 0 Å². The Hall–Kier alpha value is 0.120. The van der Waals surface area contributed by atoms with E-state index < -0.39 is 22.4 Å². The summed E-state index contributed by atoms with van der Waals surface area (Å²) < 4.78 is 35.6. The Balaban J connectivity index is 4.14. The molecule has 0 amide bonds. The second-order valence-corrected chi connectivity index (χ2v) is 5.71. The quantitative estimate of drug-likeness (QED) is 0.386. The van der Waals surface area contributed by atoms with E-state index in [4.69, 9.17) is 21.1 Å². The summed E-state index contributed by atoms with van der Waals surface area (Å²) in [5, 5.41) is 0. The lowest BCUT2D eigenvalue weighted by Gasteiger charge is -2.21. The van der Waals surface area contributed by atoms with Crippen molar-refractivity contribution in [2.75, 3.05) is 25.9 Å². The van der Waals surface area contributed by atoms with Crippen molar-refractivity contribution >= 4 is 21.6 Å². The van der Waals surface area contributed by atoms with Gasteiger partial charge in [-0.15, -0.1) is 11.6 Å². The van der Waals surface area contributed by atoms with Gasteiger partial charge in [0.15, 0.2) is 6.29 Å². The van der Waals surface area contributed by atoms with E-state index in [0.29, 0.717) is 18.7 Å². The molecule has 0 saturated heterocycles. The first-order valence-corrected chi connectivity index (χ1v) is 7.27. The average Bonchev–Trinajstić information content (AvgIpc) is 2.18. The van der Waals surface area contributed by atoms with Crippen LogP contribution in [0.25, 0.3) is 0 Å². The molecule has 0 aliphatic carbocycles. The van der Waals surface area contributed by atoms with Crippen molar-refractivity contribution in [2.24, 2.45) is 0 Å². The van der Waals surface area contributed by atoms with Crippen molar-refractivity contribution in [3.63, 3.8) is 0 Å². The molecule has 0 fully saturated rings. The van der Waals surface area contributed by atoms with Crippen LogP contribution in [-0.2, 0) is 19.5 Å². The fourth-order valence-electron chi connectivity index (χ4n) is 1.29. The summed E-state index contributed by atoms with van der Waals surface area (Å²) in [6.45, 7) is 1.69. The van der Waals surface area contributed by atoms with Crippen LogP contribution in [0.2, 0.25) is 0 Å². The average molecular weight is 274 g/mol. The molecule has 16 heavy (non-hydrogen) atoms. The topological polar surface area (TPSA) is 64.6 Å². The maximum absolute atomic E-state index is 11.6. The normalized spacial score (nSPS) is 14.3. The zero-order valence-corrected chi connectivity index (χ0v) is 11.5. The molecule has 0 aromatic carbocycles. The molecule has 0 aliphatic heterocycles. The van der Waals surface area contributed by atoms with Gasteiger partial charge in [0.1, 0.15) is 0 Å². The second-order valence-electron chi connectivity index (χ2n) is 3.46. The minimum atomic E-state index is -3.29. The number of nitrogens with one attached hydrogen (secondary N) is 1. The van der Waals surface area contributed by atoms with E-state index in [1.165, 1.54) is 14.2 Å². The summed E-state index contributed by atoms with van der Waals surface area (Å²) in [6.07, 6.45) is 0.660. The number of alkyl halides is 1. The van der Waals surface area contributed by atoms with Crippen LogP contribution in [0.5, 0.6) is 0 Å². The van der Waals surface area contributed by atoms with Crippen LogP contribution in [0.3, 0.4) is 0 Å². The van der Waals surface area contributed by atoms with Gasteiger partial charge in [0.2, 0.25) is 10.0 Å². The fourth-order valence-corrected chi connectivity index (χ4v) is 2.86. The molecular weight excluding hydrogens is 254 g/mol. The maximum atomic E-state index is 11.6. The smallest absolute Gasteiger partial charge is 0.212 e. The lowest BCUT2D eigenvalue weighted by Crippen LogP contribution is -2.43. The monoisotopic (exact) mass is 273 g/mol. The predicted octanol–water partition coefficient (Wildman–Crippen LogP) is 0.932. The van der Waals surface area contributed by atoms with Gasteiger partial charge in [-0.1, -0.05) is 0 Å². The summed E-state index contributed by atoms with van der Waals surface area (Å²) in [5.74, 6) is 0.550. The van der Waals surface area contributed by atoms with E-state index in [1.54, 1.807) is 6.92 Å². The number of sulfonamides is 1. The van der Waals surface area contributed by atoms with E-state index in [-0.39, 0.29) is 5.75 Å². The molecule has 0 bridgehead atoms. The summed E-state index contributed by atoms with van der Waals surface area (Å²) in [4.78, 5) is 0. The van der Waals surface area contributed by atoms with Crippen LogP contribution in [0.1, 0.15) is 19.8 Å². The molecule has 0 aromatic heterocycles. The minimum Gasteiger partial charge on any atom is -0.354 e. The van der Waals surface area contributed by atoms with E-state index in [9.17, 15) is 8.42 Å². The van der Waals surface area contributed by atoms with Crippen molar-refractivity contribution in [1.82, 2.24) is 4.72 Å². The lowest BCUT2D eigenvalue weighted by atomic mass is 10.3. The molecule has 0 aromatic rings. The van der Waals surface area contributed by atoms with Gasteiger partial charge in [-0.2, -0.15) is 0 Å². The Kier molecular flexibility index (Phi) is 8.31. The van der Waals surface area contributed by atoms with Crippen LogP contribution in [0, 0.1) is 0 Å². The van der Waals surface area contributed by atoms with E-state index in [0.717, 1.165) is 0 Å². The minimum absolute atomic E-state index is 0.0736. The Labute approximate surface area is 102 Å². The SMILES string of the molecule is COC(OC)C(C)NS(=O)(=O)CCCCCl. The summed E-state index contributed by atoms with van der Waals surface area (Å²) in [6, 6.07) is -0.420. The Bertz CT molecular complexity index is 267. The molecule has 1 atom stereocenters. The number of rotatable bonds is 9. The molecule has 98 valence electrons. The van der Waals surface area contributed by atoms with Crippen LogP contribution >= 0.6 is 11.6 Å². The first-order chi connectivity index (χ1) is 7.46. The molecule has 1 unspecified atom stereocenters. The Morgan fingerprint density at radius 2 is 1.81 bits per heavy atom. The van der Waals surface area contributed by atoms with Crippen LogP contribution in [0.4, 0.5) is 0 Å². The highest BCUT2D eigenvalue weighted by Gasteiger charge is 2.21. The first-order valence-electron chi connectivity index (χ1n) is 5.08. The molecule has 0 radical (unpaired) electrons. The third kappa shape index (κ3) is 6.65. The number of hydrogen-bond acceptors (Lipinski definition) is 4. The van der Waals surface area contributed by atoms with Crippen LogP contribution in [0.15, 0.2) is 0 Å². The third-order valence-electron chi connectivity index (χ3n) is 2.04. The molecule has 0 rings (SSSR count). The van der Waals surface area contributed by atoms with Gasteiger partial charge < -0.3 is 9.47 Å². The maximum Gasteiger partial charge on any atom is 0.212 e. The molecule has 0 aliphatic rings. The summed E-state index contributed by atoms with van der Waals surface area (Å²) in [5.41, 5.74) is 0. The number of unbranched alkanes of at least 4 members (excludes halogenated alkanes) is 1. The number of hydrogen-bond donors (Lipinski definition) is 1. The van der Waals surface area contributed by atoms with E-state index >= 15 is 0 Å². The highest BCUT2D eigenvalue weighted by molar-refractivity contribution is 7.89. The lowest BCUT2D eigenvalue weighted by molar-refractivity contribution is -0.115. The van der Waals surface area contributed by atoms with Crippen molar-refractivity contribution < 1.29 is 17.9 Å².